The summed E-state index contributed by atoms with van der Waals surface area (Å²) in [4.78, 5) is 0. The number of nitrogens with one attached hydrogen (secondary N) is 1. The van der Waals surface area contributed by atoms with Crippen molar-refractivity contribution >= 4 is 26.7 Å². The number of benzene rings is 1. The van der Waals surface area contributed by atoms with Gasteiger partial charge in [-0.2, -0.15) is 0 Å². The van der Waals surface area contributed by atoms with Gasteiger partial charge in [0, 0.05) is 35.4 Å². The predicted molar refractivity (Wildman–Crippen MR) is 82.5 cm³/mol. The van der Waals surface area contributed by atoms with Crippen molar-refractivity contribution in [2.45, 2.75) is 18.7 Å². The molecule has 0 aliphatic heterocycles. The number of rotatable bonds is 7. The van der Waals surface area contributed by atoms with Crippen LogP contribution in [0.15, 0.2) is 16.6 Å². The highest BCUT2D eigenvalue weighted by Crippen LogP contribution is 2.36. The lowest BCUT2D eigenvalue weighted by molar-refractivity contribution is 0.352. The zero-order valence-corrected chi connectivity index (χ0v) is 14.1. The first kappa shape index (κ1) is 16.5. The molecule has 2 unspecified atom stereocenters. The third-order valence-corrected chi connectivity index (χ3v) is 4.71. The molecule has 0 heterocycles. The first-order valence-corrected chi connectivity index (χ1v) is 8.34. The van der Waals surface area contributed by atoms with E-state index in [1.807, 2.05) is 19.1 Å². The van der Waals surface area contributed by atoms with Crippen LogP contribution in [0, 0.1) is 0 Å². The lowest BCUT2D eigenvalue weighted by atomic mass is 10.2. The second-order valence-electron chi connectivity index (χ2n) is 4.25. The molecular formula is C13H20BrNO3S. The van der Waals surface area contributed by atoms with Crippen molar-refractivity contribution in [3.8, 4) is 11.5 Å². The van der Waals surface area contributed by atoms with E-state index in [0.717, 1.165) is 16.6 Å². The van der Waals surface area contributed by atoms with Gasteiger partial charge in [-0.25, -0.2) is 0 Å². The molecule has 0 saturated carbocycles. The smallest absolute Gasteiger partial charge is 0.174 e. The minimum atomic E-state index is -0.800. The van der Waals surface area contributed by atoms with E-state index in [4.69, 9.17) is 9.47 Å². The number of methoxy groups -OCH3 is 2. The van der Waals surface area contributed by atoms with Crippen LogP contribution in [0.1, 0.15) is 12.5 Å². The summed E-state index contributed by atoms with van der Waals surface area (Å²) in [7, 11) is 2.42. The molecule has 0 radical (unpaired) electrons. The fourth-order valence-electron chi connectivity index (χ4n) is 1.61. The van der Waals surface area contributed by atoms with E-state index in [1.54, 1.807) is 20.5 Å². The largest absolute Gasteiger partial charge is 0.493 e. The molecule has 0 fully saturated rings. The van der Waals surface area contributed by atoms with Gasteiger partial charge in [0.1, 0.15) is 0 Å². The lowest BCUT2D eigenvalue weighted by Gasteiger charge is -2.13. The Hall–Kier alpha value is -0.590. The normalized spacial score (nSPS) is 13.9. The van der Waals surface area contributed by atoms with Crippen LogP contribution in [0.25, 0.3) is 0 Å². The maximum absolute atomic E-state index is 11.3. The third-order valence-electron chi connectivity index (χ3n) is 2.82. The molecule has 108 valence electrons. The van der Waals surface area contributed by atoms with Gasteiger partial charge in [-0.05, 0) is 40.5 Å². The minimum Gasteiger partial charge on any atom is -0.493 e. The van der Waals surface area contributed by atoms with Gasteiger partial charge in [0.15, 0.2) is 11.5 Å². The summed E-state index contributed by atoms with van der Waals surface area (Å²) in [5.41, 5.74) is 1.08. The highest BCUT2D eigenvalue weighted by atomic mass is 79.9. The molecule has 4 nitrogen and oxygen atoms in total. The van der Waals surface area contributed by atoms with E-state index < -0.39 is 10.8 Å². The van der Waals surface area contributed by atoms with Crippen molar-refractivity contribution in [1.29, 1.82) is 0 Å². The maximum atomic E-state index is 11.3. The van der Waals surface area contributed by atoms with Crippen molar-refractivity contribution in [2.24, 2.45) is 0 Å². The fourth-order valence-corrected chi connectivity index (χ4v) is 2.61. The molecule has 0 saturated heterocycles. The van der Waals surface area contributed by atoms with E-state index in [9.17, 15) is 4.21 Å². The molecule has 1 N–H and O–H groups in total. The summed E-state index contributed by atoms with van der Waals surface area (Å²) >= 11 is 3.46. The van der Waals surface area contributed by atoms with Gasteiger partial charge in [0.2, 0.25) is 0 Å². The number of hydrogen-bond acceptors (Lipinski definition) is 4. The molecule has 0 aliphatic rings. The van der Waals surface area contributed by atoms with Crippen LogP contribution in [-0.4, -0.2) is 36.5 Å². The SMILES string of the molecule is COc1cc(CNCC(C)S(C)=O)cc(Br)c1OC. The summed E-state index contributed by atoms with van der Waals surface area (Å²) in [5, 5.41) is 3.43. The number of halogens is 1. The average molecular weight is 350 g/mol. The minimum absolute atomic E-state index is 0.142. The number of ether oxygens (including phenoxy) is 2. The molecule has 19 heavy (non-hydrogen) atoms. The van der Waals surface area contributed by atoms with E-state index in [1.165, 1.54) is 0 Å². The molecule has 0 amide bonds. The van der Waals surface area contributed by atoms with Crippen LogP contribution in [0.4, 0.5) is 0 Å². The van der Waals surface area contributed by atoms with Crippen LogP contribution < -0.4 is 14.8 Å². The second-order valence-corrected chi connectivity index (χ2v) is 6.91. The van der Waals surface area contributed by atoms with Gasteiger partial charge < -0.3 is 14.8 Å². The predicted octanol–water partition coefficient (Wildman–Crippen LogP) is 2.32. The van der Waals surface area contributed by atoms with Gasteiger partial charge in [-0.15, -0.1) is 0 Å². The molecule has 2 atom stereocenters. The quantitative estimate of drug-likeness (QED) is 0.820. The van der Waals surface area contributed by atoms with Crippen LogP contribution in [-0.2, 0) is 17.3 Å². The second kappa shape index (κ2) is 7.87. The van der Waals surface area contributed by atoms with E-state index in [-0.39, 0.29) is 5.25 Å². The molecular weight excluding hydrogens is 330 g/mol. The van der Waals surface area contributed by atoms with Gasteiger partial charge >= 0.3 is 0 Å². The van der Waals surface area contributed by atoms with E-state index in [0.29, 0.717) is 18.0 Å². The Bertz CT molecular complexity index is 454. The highest BCUT2D eigenvalue weighted by molar-refractivity contribution is 9.10. The lowest BCUT2D eigenvalue weighted by Crippen LogP contribution is -2.27. The monoisotopic (exact) mass is 349 g/mol. The van der Waals surface area contributed by atoms with Gasteiger partial charge in [-0.1, -0.05) is 0 Å². The Balaban J connectivity index is 2.69. The summed E-state index contributed by atoms with van der Waals surface area (Å²) in [5.74, 6) is 1.38. The first-order chi connectivity index (χ1) is 8.99. The molecule has 6 heteroatoms. The molecule has 1 aromatic carbocycles. The molecule has 1 aromatic rings. The first-order valence-electron chi connectivity index (χ1n) is 5.93. The van der Waals surface area contributed by atoms with Gasteiger partial charge in [0.25, 0.3) is 0 Å². The zero-order chi connectivity index (χ0) is 14.4. The topological polar surface area (TPSA) is 47.6 Å². The summed E-state index contributed by atoms with van der Waals surface area (Å²) in [6.07, 6.45) is 1.72. The van der Waals surface area contributed by atoms with Crippen LogP contribution in [0.2, 0.25) is 0 Å². The van der Waals surface area contributed by atoms with Crippen LogP contribution in [0.5, 0.6) is 11.5 Å². The summed E-state index contributed by atoms with van der Waals surface area (Å²) in [6.45, 7) is 3.38. The molecule has 1 rings (SSSR count). The van der Waals surface area contributed by atoms with Crippen molar-refractivity contribution in [3.63, 3.8) is 0 Å². The molecule has 0 aromatic heterocycles. The fraction of sp³-hybridized carbons (Fsp3) is 0.538. The van der Waals surface area contributed by atoms with Crippen molar-refractivity contribution in [2.75, 3.05) is 27.0 Å². The zero-order valence-electron chi connectivity index (χ0n) is 11.7. The van der Waals surface area contributed by atoms with E-state index >= 15 is 0 Å². The van der Waals surface area contributed by atoms with E-state index in [2.05, 4.69) is 21.2 Å². The van der Waals surface area contributed by atoms with Gasteiger partial charge in [0.05, 0.1) is 18.7 Å². The Morgan fingerprint density at radius 1 is 1.37 bits per heavy atom. The molecule has 0 bridgehead atoms. The Kier molecular flexibility index (Phi) is 6.82. The Morgan fingerprint density at radius 3 is 2.58 bits per heavy atom. The van der Waals surface area contributed by atoms with Crippen LogP contribution in [0.3, 0.4) is 0 Å². The van der Waals surface area contributed by atoms with Crippen molar-refractivity contribution in [3.05, 3.63) is 22.2 Å². The third kappa shape index (κ3) is 4.78. The summed E-state index contributed by atoms with van der Waals surface area (Å²) in [6, 6.07) is 3.92. The van der Waals surface area contributed by atoms with Crippen LogP contribution >= 0.6 is 15.9 Å². The standard InChI is InChI=1S/C13H20BrNO3S/c1-9(19(4)16)7-15-8-10-5-11(14)13(18-3)12(6-10)17-2/h5-6,9,15H,7-8H2,1-4H3. The molecule has 0 spiro atoms. The van der Waals surface area contributed by atoms with Gasteiger partial charge in [-0.3, -0.25) is 4.21 Å². The Labute approximate surface area is 125 Å². The average Bonchev–Trinajstić information content (AvgIpc) is 2.37. The number of hydrogen-bond donors (Lipinski definition) is 1. The maximum Gasteiger partial charge on any atom is 0.174 e. The van der Waals surface area contributed by atoms with Crippen molar-refractivity contribution < 1.29 is 13.7 Å². The van der Waals surface area contributed by atoms with Crippen molar-refractivity contribution in [1.82, 2.24) is 5.32 Å². The summed E-state index contributed by atoms with van der Waals surface area (Å²) < 4.78 is 22.7. The highest BCUT2D eigenvalue weighted by Gasteiger charge is 2.11. The molecule has 0 aliphatic carbocycles. The Morgan fingerprint density at radius 2 is 2.05 bits per heavy atom.